The molecule has 1 amide bonds. The van der Waals surface area contributed by atoms with Gasteiger partial charge in [0.15, 0.2) is 12.4 Å². The number of nitrogens with one attached hydrogen (secondary N) is 2. The number of hydrogen-bond acceptors (Lipinski definition) is 4. The molecular formula is C16H14N4O2. The standard InChI is InChI=1S/C16H14N4O2/c21-16(11-22-12-6-2-1-3-7-12)20-17-10-15-18-13-8-4-5-9-14(13)19-15/h1-10H,11H2,(H,18,19)(H,20,21)/b17-10+. The number of hydrazone groups is 1. The molecule has 0 aliphatic heterocycles. The second-order valence-electron chi connectivity index (χ2n) is 4.53. The van der Waals surface area contributed by atoms with Gasteiger partial charge < -0.3 is 9.72 Å². The molecule has 0 aliphatic rings. The van der Waals surface area contributed by atoms with Crippen molar-refractivity contribution in [3.8, 4) is 5.75 Å². The summed E-state index contributed by atoms with van der Waals surface area (Å²) in [6, 6.07) is 16.8. The smallest absolute Gasteiger partial charge is 0.277 e. The molecule has 2 N–H and O–H groups in total. The first-order chi connectivity index (χ1) is 10.8. The third-order valence-electron chi connectivity index (χ3n) is 2.90. The zero-order valence-corrected chi connectivity index (χ0v) is 11.7. The Labute approximate surface area is 126 Å². The first-order valence-corrected chi connectivity index (χ1v) is 6.76. The number of aromatic amines is 1. The van der Waals surface area contributed by atoms with Crippen molar-refractivity contribution in [2.24, 2.45) is 5.10 Å². The molecule has 2 aromatic carbocycles. The molecule has 0 bridgehead atoms. The number of imidazole rings is 1. The van der Waals surface area contributed by atoms with Crippen LogP contribution in [0, 0.1) is 0 Å². The van der Waals surface area contributed by atoms with Crippen LogP contribution in [0.2, 0.25) is 0 Å². The minimum atomic E-state index is -0.337. The summed E-state index contributed by atoms with van der Waals surface area (Å²) in [6.45, 7) is -0.0958. The zero-order valence-electron chi connectivity index (χ0n) is 11.7. The van der Waals surface area contributed by atoms with Gasteiger partial charge in [-0.3, -0.25) is 4.79 Å². The van der Waals surface area contributed by atoms with E-state index >= 15 is 0 Å². The number of carbonyl (C=O) groups excluding carboxylic acids is 1. The predicted octanol–water partition coefficient (Wildman–Crippen LogP) is 2.09. The van der Waals surface area contributed by atoms with Crippen LogP contribution in [0.5, 0.6) is 5.75 Å². The van der Waals surface area contributed by atoms with Crippen molar-refractivity contribution in [2.75, 3.05) is 6.61 Å². The summed E-state index contributed by atoms with van der Waals surface area (Å²) in [5.41, 5.74) is 4.16. The van der Waals surface area contributed by atoms with Gasteiger partial charge in [0.25, 0.3) is 5.91 Å². The zero-order chi connectivity index (χ0) is 15.2. The molecule has 3 aromatic rings. The quantitative estimate of drug-likeness (QED) is 0.558. The van der Waals surface area contributed by atoms with Crippen molar-refractivity contribution in [3.63, 3.8) is 0 Å². The highest BCUT2D eigenvalue weighted by Gasteiger charge is 2.02. The number of nitrogens with zero attached hydrogens (tertiary/aromatic N) is 2. The SMILES string of the molecule is O=C(COc1ccccc1)N/N=C/c1nc2ccccc2[nH]1. The van der Waals surface area contributed by atoms with E-state index in [1.807, 2.05) is 42.5 Å². The van der Waals surface area contributed by atoms with Crippen LogP contribution in [0.1, 0.15) is 5.82 Å². The van der Waals surface area contributed by atoms with Gasteiger partial charge in [0, 0.05) is 0 Å². The summed E-state index contributed by atoms with van der Waals surface area (Å²) in [5.74, 6) is 0.876. The normalized spacial score (nSPS) is 10.9. The minimum Gasteiger partial charge on any atom is -0.484 e. The van der Waals surface area contributed by atoms with Gasteiger partial charge in [-0.05, 0) is 24.3 Å². The van der Waals surface area contributed by atoms with E-state index in [-0.39, 0.29) is 12.5 Å². The molecule has 0 radical (unpaired) electrons. The van der Waals surface area contributed by atoms with Gasteiger partial charge >= 0.3 is 0 Å². The average Bonchev–Trinajstić information content (AvgIpc) is 2.96. The Kier molecular flexibility index (Phi) is 4.10. The van der Waals surface area contributed by atoms with Crippen molar-refractivity contribution in [3.05, 3.63) is 60.4 Å². The fourth-order valence-electron chi connectivity index (χ4n) is 1.90. The maximum atomic E-state index is 11.6. The lowest BCUT2D eigenvalue weighted by Crippen LogP contribution is -2.24. The van der Waals surface area contributed by atoms with Crippen LogP contribution in [-0.2, 0) is 4.79 Å². The van der Waals surface area contributed by atoms with E-state index in [1.165, 1.54) is 6.21 Å². The van der Waals surface area contributed by atoms with Crippen LogP contribution in [-0.4, -0.2) is 28.7 Å². The summed E-state index contributed by atoms with van der Waals surface area (Å²) in [5, 5.41) is 3.85. The summed E-state index contributed by atoms with van der Waals surface area (Å²) in [6.07, 6.45) is 1.46. The van der Waals surface area contributed by atoms with Crippen LogP contribution in [0.3, 0.4) is 0 Å². The minimum absolute atomic E-state index is 0.0958. The van der Waals surface area contributed by atoms with Crippen molar-refractivity contribution < 1.29 is 9.53 Å². The number of carbonyl (C=O) groups is 1. The summed E-state index contributed by atoms with van der Waals surface area (Å²) in [7, 11) is 0. The molecule has 0 aliphatic carbocycles. The van der Waals surface area contributed by atoms with Gasteiger partial charge in [0.2, 0.25) is 0 Å². The monoisotopic (exact) mass is 294 g/mol. The molecule has 3 rings (SSSR count). The van der Waals surface area contributed by atoms with E-state index < -0.39 is 0 Å². The van der Waals surface area contributed by atoms with Crippen molar-refractivity contribution in [2.45, 2.75) is 0 Å². The number of hydrogen-bond donors (Lipinski definition) is 2. The van der Waals surface area contributed by atoms with Gasteiger partial charge in [-0.2, -0.15) is 5.10 Å². The van der Waals surface area contributed by atoms with Crippen molar-refractivity contribution in [1.29, 1.82) is 0 Å². The van der Waals surface area contributed by atoms with Crippen LogP contribution in [0.15, 0.2) is 59.7 Å². The van der Waals surface area contributed by atoms with E-state index in [2.05, 4.69) is 20.5 Å². The Morgan fingerprint density at radius 3 is 2.77 bits per heavy atom. The molecule has 0 saturated heterocycles. The first-order valence-electron chi connectivity index (χ1n) is 6.76. The Bertz CT molecular complexity index is 763. The van der Waals surface area contributed by atoms with E-state index in [4.69, 9.17) is 4.74 Å². The van der Waals surface area contributed by atoms with Crippen molar-refractivity contribution >= 4 is 23.2 Å². The lowest BCUT2D eigenvalue weighted by Gasteiger charge is -2.03. The predicted molar refractivity (Wildman–Crippen MR) is 83.8 cm³/mol. The average molecular weight is 294 g/mol. The van der Waals surface area contributed by atoms with Gasteiger partial charge in [-0.1, -0.05) is 30.3 Å². The Morgan fingerprint density at radius 1 is 1.18 bits per heavy atom. The van der Waals surface area contributed by atoms with Crippen LogP contribution >= 0.6 is 0 Å². The van der Waals surface area contributed by atoms with Crippen LogP contribution < -0.4 is 10.2 Å². The molecule has 0 spiro atoms. The van der Waals surface area contributed by atoms with E-state index in [9.17, 15) is 4.79 Å². The fraction of sp³-hybridized carbons (Fsp3) is 0.0625. The Morgan fingerprint density at radius 2 is 1.95 bits per heavy atom. The molecular weight excluding hydrogens is 280 g/mol. The Balaban J connectivity index is 1.52. The molecule has 0 unspecified atom stereocenters. The molecule has 1 aromatic heterocycles. The molecule has 0 atom stereocenters. The first kappa shape index (κ1) is 13.8. The highest BCUT2D eigenvalue weighted by molar-refractivity contribution is 5.85. The maximum Gasteiger partial charge on any atom is 0.277 e. The molecule has 0 saturated carbocycles. The topological polar surface area (TPSA) is 79.4 Å². The van der Waals surface area contributed by atoms with Crippen molar-refractivity contribution in [1.82, 2.24) is 15.4 Å². The highest BCUT2D eigenvalue weighted by Crippen LogP contribution is 2.09. The van der Waals surface area contributed by atoms with E-state index in [0.717, 1.165) is 11.0 Å². The summed E-state index contributed by atoms with van der Waals surface area (Å²) in [4.78, 5) is 19.0. The number of aromatic nitrogens is 2. The molecule has 1 heterocycles. The van der Waals surface area contributed by atoms with Gasteiger partial charge in [-0.15, -0.1) is 0 Å². The summed E-state index contributed by atoms with van der Waals surface area (Å²) < 4.78 is 5.31. The largest absolute Gasteiger partial charge is 0.484 e. The third kappa shape index (κ3) is 3.49. The van der Waals surface area contributed by atoms with Gasteiger partial charge in [-0.25, -0.2) is 10.4 Å². The van der Waals surface area contributed by atoms with Crippen LogP contribution in [0.25, 0.3) is 11.0 Å². The second-order valence-corrected chi connectivity index (χ2v) is 4.53. The Hall–Kier alpha value is -3.15. The number of amides is 1. The number of ether oxygens (including phenoxy) is 1. The number of rotatable bonds is 5. The molecule has 22 heavy (non-hydrogen) atoms. The molecule has 0 fully saturated rings. The van der Waals surface area contributed by atoms with Crippen LogP contribution in [0.4, 0.5) is 0 Å². The highest BCUT2D eigenvalue weighted by atomic mass is 16.5. The maximum absolute atomic E-state index is 11.6. The van der Waals surface area contributed by atoms with E-state index in [1.54, 1.807) is 12.1 Å². The van der Waals surface area contributed by atoms with Gasteiger partial charge in [0.1, 0.15) is 5.75 Å². The number of para-hydroxylation sites is 3. The van der Waals surface area contributed by atoms with Gasteiger partial charge in [0.05, 0.1) is 17.2 Å². The fourth-order valence-corrected chi connectivity index (χ4v) is 1.90. The van der Waals surface area contributed by atoms with E-state index in [0.29, 0.717) is 11.6 Å². The molecule has 6 nitrogen and oxygen atoms in total. The number of benzene rings is 2. The third-order valence-corrected chi connectivity index (χ3v) is 2.90. The number of fused-ring (bicyclic) bond motifs is 1. The number of H-pyrrole nitrogens is 1. The molecule has 6 heteroatoms. The lowest BCUT2D eigenvalue weighted by molar-refractivity contribution is -0.123. The second kappa shape index (κ2) is 6.53. The molecule has 110 valence electrons. The summed E-state index contributed by atoms with van der Waals surface area (Å²) >= 11 is 0. The lowest BCUT2D eigenvalue weighted by atomic mass is 10.3.